The Morgan fingerprint density at radius 3 is 2.65 bits per heavy atom. The second kappa shape index (κ2) is 7.36. The number of halogens is 1. The van der Waals surface area contributed by atoms with E-state index in [1.54, 1.807) is 12.1 Å². The van der Waals surface area contributed by atoms with Crippen molar-refractivity contribution in [3.63, 3.8) is 0 Å². The van der Waals surface area contributed by atoms with Crippen molar-refractivity contribution in [2.45, 2.75) is 19.4 Å². The number of rotatable bonds is 5. The summed E-state index contributed by atoms with van der Waals surface area (Å²) in [6.45, 7) is 6.22. The Morgan fingerprint density at radius 2 is 2.00 bits per heavy atom. The third-order valence-electron chi connectivity index (χ3n) is 3.70. The highest BCUT2D eigenvalue weighted by Gasteiger charge is 2.21. The fourth-order valence-electron chi connectivity index (χ4n) is 2.36. The van der Waals surface area contributed by atoms with E-state index >= 15 is 0 Å². The first-order valence-electron chi connectivity index (χ1n) is 7.14. The van der Waals surface area contributed by atoms with E-state index in [1.165, 1.54) is 12.1 Å². The SMILES string of the molecule is CC(C(=O)NCCc1ccc(F)cc1)N1CCNCC1. The fraction of sp³-hybridized carbons (Fsp3) is 0.533. The van der Waals surface area contributed by atoms with Gasteiger partial charge < -0.3 is 10.6 Å². The molecular formula is C15H22FN3O. The molecular weight excluding hydrogens is 257 g/mol. The van der Waals surface area contributed by atoms with Gasteiger partial charge in [-0.1, -0.05) is 12.1 Å². The number of hydrogen-bond acceptors (Lipinski definition) is 3. The molecule has 1 aromatic rings. The van der Waals surface area contributed by atoms with Crippen molar-refractivity contribution in [2.75, 3.05) is 32.7 Å². The Balaban J connectivity index is 1.72. The van der Waals surface area contributed by atoms with Crippen LogP contribution in [0.1, 0.15) is 12.5 Å². The lowest BCUT2D eigenvalue weighted by Gasteiger charge is -2.31. The topological polar surface area (TPSA) is 44.4 Å². The van der Waals surface area contributed by atoms with Gasteiger partial charge in [-0.25, -0.2) is 4.39 Å². The van der Waals surface area contributed by atoms with E-state index in [-0.39, 0.29) is 17.8 Å². The standard InChI is InChI=1S/C15H22FN3O/c1-12(19-10-8-17-9-11-19)15(20)18-7-6-13-2-4-14(16)5-3-13/h2-5,12,17H,6-11H2,1H3,(H,18,20). The van der Waals surface area contributed by atoms with E-state index < -0.39 is 0 Å². The minimum Gasteiger partial charge on any atom is -0.354 e. The summed E-state index contributed by atoms with van der Waals surface area (Å²) < 4.78 is 12.8. The summed E-state index contributed by atoms with van der Waals surface area (Å²) in [4.78, 5) is 14.2. The molecule has 0 bridgehead atoms. The third kappa shape index (κ3) is 4.28. The highest BCUT2D eigenvalue weighted by atomic mass is 19.1. The Morgan fingerprint density at radius 1 is 1.35 bits per heavy atom. The summed E-state index contributed by atoms with van der Waals surface area (Å²) in [5, 5.41) is 6.22. The Hall–Kier alpha value is -1.46. The predicted molar refractivity (Wildman–Crippen MR) is 77.0 cm³/mol. The smallest absolute Gasteiger partial charge is 0.237 e. The molecule has 1 aliphatic rings. The number of amides is 1. The molecule has 5 heteroatoms. The summed E-state index contributed by atoms with van der Waals surface area (Å²) >= 11 is 0. The number of carbonyl (C=O) groups is 1. The van der Waals surface area contributed by atoms with Crippen LogP contribution in [0.25, 0.3) is 0 Å². The maximum atomic E-state index is 12.8. The molecule has 0 saturated carbocycles. The number of nitrogens with zero attached hydrogens (tertiary/aromatic N) is 1. The van der Waals surface area contributed by atoms with Gasteiger partial charge in [0.25, 0.3) is 0 Å². The second-order valence-corrected chi connectivity index (χ2v) is 5.13. The minimum absolute atomic E-state index is 0.0639. The largest absolute Gasteiger partial charge is 0.354 e. The molecule has 0 spiro atoms. The van der Waals surface area contributed by atoms with Crippen LogP contribution in [-0.2, 0) is 11.2 Å². The van der Waals surface area contributed by atoms with Gasteiger partial charge >= 0.3 is 0 Å². The van der Waals surface area contributed by atoms with E-state index in [0.29, 0.717) is 6.54 Å². The summed E-state index contributed by atoms with van der Waals surface area (Å²) in [5.41, 5.74) is 1.03. The van der Waals surface area contributed by atoms with Gasteiger partial charge in [-0.2, -0.15) is 0 Å². The summed E-state index contributed by atoms with van der Waals surface area (Å²) in [6.07, 6.45) is 0.723. The normalized spacial score (nSPS) is 17.7. The van der Waals surface area contributed by atoms with Gasteiger partial charge in [0, 0.05) is 32.7 Å². The first-order chi connectivity index (χ1) is 9.66. The second-order valence-electron chi connectivity index (χ2n) is 5.13. The van der Waals surface area contributed by atoms with Gasteiger partial charge in [0.15, 0.2) is 0 Å². The molecule has 2 rings (SSSR count). The molecule has 2 N–H and O–H groups in total. The van der Waals surface area contributed by atoms with Crippen LogP contribution in [0.4, 0.5) is 4.39 Å². The molecule has 1 atom stereocenters. The van der Waals surface area contributed by atoms with Crippen LogP contribution in [0.5, 0.6) is 0 Å². The van der Waals surface area contributed by atoms with Crippen molar-refractivity contribution in [3.8, 4) is 0 Å². The average molecular weight is 279 g/mol. The molecule has 1 saturated heterocycles. The van der Waals surface area contributed by atoms with Crippen LogP contribution in [-0.4, -0.2) is 49.6 Å². The number of carbonyl (C=O) groups excluding carboxylic acids is 1. The first kappa shape index (κ1) is 14.9. The lowest BCUT2D eigenvalue weighted by atomic mass is 10.1. The van der Waals surface area contributed by atoms with E-state index in [2.05, 4.69) is 15.5 Å². The highest BCUT2D eigenvalue weighted by molar-refractivity contribution is 5.81. The van der Waals surface area contributed by atoms with Crippen LogP contribution in [0, 0.1) is 5.82 Å². The molecule has 4 nitrogen and oxygen atoms in total. The molecule has 1 aliphatic heterocycles. The Kier molecular flexibility index (Phi) is 5.49. The lowest BCUT2D eigenvalue weighted by Crippen LogP contribution is -2.52. The van der Waals surface area contributed by atoms with Crippen molar-refractivity contribution in [1.29, 1.82) is 0 Å². The molecule has 0 aromatic heterocycles. The summed E-state index contributed by atoms with van der Waals surface area (Å²) in [6, 6.07) is 6.30. The highest BCUT2D eigenvalue weighted by Crippen LogP contribution is 2.04. The number of piperazine rings is 1. The number of nitrogens with one attached hydrogen (secondary N) is 2. The van der Waals surface area contributed by atoms with Crippen molar-refractivity contribution >= 4 is 5.91 Å². The van der Waals surface area contributed by atoms with Crippen molar-refractivity contribution < 1.29 is 9.18 Å². The van der Waals surface area contributed by atoms with Crippen molar-refractivity contribution in [3.05, 3.63) is 35.6 Å². The van der Waals surface area contributed by atoms with Crippen LogP contribution in [0.2, 0.25) is 0 Å². The van der Waals surface area contributed by atoms with Gasteiger partial charge in [0.2, 0.25) is 5.91 Å². The number of benzene rings is 1. The average Bonchev–Trinajstić information content (AvgIpc) is 2.49. The van der Waals surface area contributed by atoms with Gasteiger partial charge in [-0.05, 0) is 31.0 Å². The molecule has 0 radical (unpaired) electrons. The molecule has 1 fully saturated rings. The quantitative estimate of drug-likeness (QED) is 0.837. The van der Waals surface area contributed by atoms with E-state index in [0.717, 1.165) is 38.2 Å². The third-order valence-corrected chi connectivity index (χ3v) is 3.70. The molecule has 1 unspecified atom stereocenters. The van der Waals surface area contributed by atoms with Gasteiger partial charge in [-0.15, -0.1) is 0 Å². The zero-order valence-electron chi connectivity index (χ0n) is 11.9. The molecule has 20 heavy (non-hydrogen) atoms. The van der Waals surface area contributed by atoms with Crippen LogP contribution >= 0.6 is 0 Å². The van der Waals surface area contributed by atoms with E-state index in [1.807, 2.05) is 6.92 Å². The van der Waals surface area contributed by atoms with Gasteiger partial charge in [0.1, 0.15) is 5.82 Å². The first-order valence-corrected chi connectivity index (χ1v) is 7.14. The van der Waals surface area contributed by atoms with Gasteiger partial charge in [0.05, 0.1) is 6.04 Å². The molecule has 110 valence electrons. The van der Waals surface area contributed by atoms with Crippen molar-refractivity contribution in [1.82, 2.24) is 15.5 Å². The zero-order chi connectivity index (χ0) is 14.4. The Labute approximate surface area is 119 Å². The Bertz CT molecular complexity index is 429. The predicted octanol–water partition coefficient (Wildman–Crippen LogP) is 0.778. The monoisotopic (exact) mass is 279 g/mol. The molecule has 0 aliphatic carbocycles. The van der Waals surface area contributed by atoms with Crippen LogP contribution in [0.15, 0.2) is 24.3 Å². The molecule has 1 amide bonds. The number of hydrogen-bond donors (Lipinski definition) is 2. The van der Waals surface area contributed by atoms with Crippen molar-refractivity contribution in [2.24, 2.45) is 0 Å². The van der Waals surface area contributed by atoms with E-state index in [4.69, 9.17) is 0 Å². The molecule has 1 aromatic carbocycles. The van der Waals surface area contributed by atoms with Crippen LogP contribution < -0.4 is 10.6 Å². The van der Waals surface area contributed by atoms with E-state index in [9.17, 15) is 9.18 Å². The zero-order valence-corrected chi connectivity index (χ0v) is 11.9. The summed E-state index contributed by atoms with van der Waals surface area (Å²) in [5.74, 6) is -0.167. The lowest BCUT2D eigenvalue weighted by molar-refractivity contribution is -0.126. The maximum Gasteiger partial charge on any atom is 0.237 e. The van der Waals surface area contributed by atoms with Crippen LogP contribution in [0.3, 0.4) is 0 Å². The fourth-order valence-corrected chi connectivity index (χ4v) is 2.36. The van der Waals surface area contributed by atoms with Gasteiger partial charge in [-0.3, -0.25) is 9.69 Å². The minimum atomic E-state index is -0.231. The molecule has 1 heterocycles. The summed E-state index contributed by atoms with van der Waals surface area (Å²) in [7, 11) is 0. The maximum absolute atomic E-state index is 12.8.